The van der Waals surface area contributed by atoms with E-state index in [4.69, 9.17) is 23.2 Å². The molecule has 7 heteroatoms. The van der Waals surface area contributed by atoms with Gasteiger partial charge in [-0.3, -0.25) is 9.59 Å². The largest absolute Gasteiger partial charge is 0.342 e. The molecule has 0 saturated carbocycles. The molecule has 2 amide bonds. The van der Waals surface area contributed by atoms with Crippen molar-refractivity contribution >= 4 is 40.7 Å². The van der Waals surface area contributed by atoms with E-state index in [1.807, 2.05) is 4.90 Å². The fraction of sp³-hybridized carbons (Fsp3) is 0.579. The van der Waals surface area contributed by atoms with Crippen molar-refractivity contribution in [2.24, 2.45) is 11.3 Å². The summed E-state index contributed by atoms with van der Waals surface area (Å²) >= 11 is 12.0. The minimum atomic E-state index is -0.569. The Morgan fingerprint density at radius 2 is 1.88 bits per heavy atom. The molecule has 3 fully saturated rings. The van der Waals surface area contributed by atoms with Crippen molar-refractivity contribution in [2.45, 2.75) is 25.7 Å². The van der Waals surface area contributed by atoms with Crippen LogP contribution < -0.4 is 10.2 Å². The molecule has 1 N–H and O–H groups in total. The average Bonchev–Trinajstić information content (AvgIpc) is 3.25. The van der Waals surface area contributed by atoms with Crippen LogP contribution in [-0.2, 0) is 9.59 Å². The molecule has 3 heterocycles. The van der Waals surface area contributed by atoms with E-state index in [2.05, 4.69) is 5.32 Å². The molecule has 4 rings (SSSR count). The fourth-order valence-electron chi connectivity index (χ4n) is 4.46. The number of carbonyl (C=O) groups is 2. The van der Waals surface area contributed by atoms with Crippen molar-refractivity contribution in [3.05, 3.63) is 28.2 Å². The first kappa shape index (κ1) is 18.1. The third-order valence-corrected chi connectivity index (χ3v) is 6.93. The van der Waals surface area contributed by atoms with Crippen LogP contribution in [0.4, 0.5) is 5.69 Å². The second kappa shape index (κ2) is 7.02. The molecular formula is C19H23Cl2N3O2. The van der Waals surface area contributed by atoms with Crippen molar-refractivity contribution < 1.29 is 9.59 Å². The normalized spacial score (nSPS) is 25.3. The van der Waals surface area contributed by atoms with E-state index in [0.717, 1.165) is 39.0 Å². The van der Waals surface area contributed by atoms with E-state index >= 15 is 0 Å². The molecule has 1 unspecified atom stereocenters. The quantitative estimate of drug-likeness (QED) is 0.783. The smallest absolute Gasteiger partial charge is 0.239 e. The number of nitrogens with one attached hydrogen (secondary N) is 1. The summed E-state index contributed by atoms with van der Waals surface area (Å²) in [4.78, 5) is 29.3. The van der Waals surface area contributed by atoms with Gasteiger partial charge >= 0.3 is 0 Å². The second-order valence-corrected chi connectivity index (χ2v) is 8.50. The first-order valence-electron chi connectivity index (χ1n) is 9.25. The number of hydrogen-bond acceptors (Lipinski definition) is 3. The maximum Gasteiger partial charge on any atom is 0.239 e. The van der Waals surface area contributed by atoms with Crippen LogP contribution in [0.1, 0.15) is 25.7 Å². The standard InChI is InChI=1S/C19H23Cl2N3O2/c20-15-2-1-13(11-16(15)21)24-8-3-14(18(24)26)17(25)23-9-5-19(6-10-23)4-7-22-12-19/h1-2,11,14,22H,3-10,12H2. The molecule has 5 nitrogen and oxygen atoms in total. The number of nitrogens with zero attached hydrogens (tertiary/aromatic N) is 2. The Hall–Kier alpha value is -1.30. The number of benzene rings is 1. The lowest BCUT2D eigenvalue weighted by molar-refractivity contribution is -0.141. The van der Waals surface area contributed by atoms with Crippen LogP contribution in [0.25, 0.3) is 0 Å². The molecule has 3 aliphatic heterocycles. The molecule has 0 bridgehead atoms. The summed E-state index contributed by atoms with van der Waals surface area (Å²) in [5.41, 5.74) is 1.07. The summed E-state index contributed by atoms with van der Waals surface area (Å²) in [6, 6.07) is 5.14. The molecule has 0 radical (unpaired) electrons. The fourth-order valence-corrected chi connectivity index (χ4v) is 4.75. The number of carbonyl (C=O) groups excluding carboxylic acids is 2. The highest BCUT2D eigenvalue weighted by atomic mass is 35.5. The molecule has 1 aromatic carbocycles. The first-order valence-corrected chi connectivity index (χ1v) is 10.0. The first-order chi connectivity index (χ1) is 12.5. The van der Waals surface area contributed by atoms with E-state index in [1.54, 1.807) is 23.1 Å². The summed E-state index contributed by atoms with van der Waals surface area (Å²) in [5.74, 6) is -0.713. The molecular weight excluding hydrogens is 373 g/mol. The topological polar surface area (TPSA) is 52.7 Å². The van der Waals surface area contributed by atoms with Crippen molar-refractivity contribution in [3.63, 3.8) is 0 Å². The predicted octanol–water partition coefficient (Wildman–Crippen LogP) is 2.95. The van der Waals surface area contributed by atoms with Gasteiger partial charge in [0.1, 0.15) is 5.92 Å². The number of halogens is 2. The van der Waals surface area contributed by atoms with E-state index < -0.39 is 5.92 Å². The molecule has 1 spiro atoms. The van der Waals surface area contributed by atoms with Crippen LogP contribution in [0.15, 0.2) is 18.2 Å². The minimum absolute atomic E-state index is 0.0154. The van der Waals surface area contributed by atoms with E-state index in [9.17, 15) is 9.59 Å². The van der Waals surface area contributed by atoms with Gasteiger partial charge in [0, 0.05) is 31.9 Å². The van der Waals surface area contributed by atoms with Gasteiger partial charge in [-0.1, -0.05) is 23.2 Å². The molecule has 1 atom stereocenters. The maximum atomic E-state index is 12.9. The average molecular weight is 396 g/mol. The summed E-state index contributed by atoms with van der Waals surface area (Å²) in [6.07, 6.45) is 3.82. The molecule has 3 aliphatic rings. The minimum Gasteiger partial charge on any atom is -0.342 e. The monoisotopic (exact) mass is 395 g/mol. The Labute approximate surface area is 163 Å². The van der Waals surface area contributed by atoms with Crippen molar-refractivity contribution in [2.75, 3.05) is 37.6 Å². The zero-order chi connectivity index (χ0) is 18.3. The molecule has 1 aromatic rings. The van der Waals surface area contributed by atoms with Gasteiger partial charge in [0.15, 0.2) is 0 Å². The van der Waals surface area contributed by atoms with Gasteiger partial charge in [-0.05, 0) is 55.8 Å². The summed E-state index contributed by atoms with van der Waals surface area (Å²) in [6.45, 7) is 4.19. The maximum absolute atomic E-state index is 12.9. The highest BCUT2D eigenvalue weighted by molar-refractivity contribution is 6.42. The lowest BCUT2D eigenvalue weighted by Gasteiger charge is -2.39. The number of likely N-dealkylation sites (tertiary alicyclic amines) is 1. The van der Waals surface area contributed by atoms with Crippen LogP contribution in [-0.4, -0.2) is 49.4 Å². The number of piperidine rings is 1. The lowest BCUT2D eigenvalue weighted by Crippen LogP contribution is -2.47. The Bertz CT molecular complexity index is 723. The molecule has 0 aliphatic carbocycles. The molecule has 0 aromatic heterocycles. The highest BCUT2D eigenvalue weighted by Gasteiger charge is 2.43. The van der Waals surface area contributed by atoms with Gasteiger partial charge in [0.05, 0.1) is 10.0 Å². The van der Waals surface area contributed by atoms with Crippen molar-refractivity contribution in [1.82, 2.24) is 10.2 Å². The number of hydrogen-bond donors (Lipinski definition) is 1. The summed E-state index contributed by atoms with van der Waals surface area (Å²) in [5, 5.41) is 4.31. The number of amides is 2. The molecule has 26 heavy (non-hydrogen) atoms. The predicted molar refractivity (Wildman–Crippen MR) is 103 cm³/mol. The summed E-state index contributed by atoms with van der Waals surface area (Å²) < 4.78 is 0. The Morgan fingerprint density at radius 3 is 2.54 bits per heavy atom. The van der Waals surface area contributed by atoms with E-state index in [0.29, 0.717) is 34.1 Å². The Morgan fingerprint density at radius 1 is 1.12 bits per heavy atom. The number of rotatable bonds is 2. The summed E-state index contributed by atoms with van der Waals surface area (Å²) in [7, 11) is 0. The highest BCUT2D eigenvalue weighted by Crippen LogP contribution is 2.38. The Balaban J connectivity index is 1.41. The number of anilines is 1. The third-order valence-electron chi connectivity index (χ3n) is 6.19. The SMILES string of the molecule is O=C(C1CCN(c2ccc(Cl)c(Cl)c2)C1=O)N1CCC2(CCNC2)CC1. The van der Waals surface area contributed by atoms with Gasteiger partial charge in [-0.15, -0.1) is 0 Å². The lowest BCUT2D eigenvalue weighted by atomic mass is 9.77. The van der Waals surface area contributed by atoms with Gasteiger partial charge < -0.3 is 15.1 Å². The third kappa shape index (κ3) is 3.21. The van der Waals surface area contributed by atoms with Crippen LogP contribution >= 0.6 is 23.2 Å². The van der Waals surface area contributed by atoms with Gasteiger partial charge in [0.25, 0.3) is 0 Å². The van der Waals surface area contributed by atoms with Crippen molar-refractivity contribution in [1.29, 1.82) is 0 Å². The van der Waals surface area contributed by atoms with E-state index in [1.165, 1.54) is 6.42 Å². The zero-order valence-corrected chi connectivity index (χ0v) is 16.2. The van der Waals surface area contributed by atoms with Gasteiger partial charge in [-0.2, -0.15) is 0 Å². The van der Waals surface area contributed by atoms with Gasteiger partial charge in [0.2, 0.25) is 11.8 Å². The molecule has 140 valence electrons. The van der Waals surface area contributed by atoms with Crippen LogP contribution in [0.5, 0.6) is 0 Å². The second-order valence-electron chi connectivity index (χ2n) is 7.68. The van der Waals surface area contributed by atoms with Crippen LogP contribution in [0.2, 0.25) is 10.0 Å². The molecule has 3 saturated heterocycles. The van der Waals surface area contributed by atoms with E-state index in [-0.39, 0.29) is 11.8 Å². The Kier molecular flexibility index (Phi) is 4.88. The van der Waals surface area contributed by atoms with Crippen molar-refractivity contribution in [3.8, 4) is 0 Å². The van der Waals surface area contributed by atoms with Crippen LogP contribution in [0, 0.1) is 11.3 Å². The van der Waals surface area contributed by atoms with Gasteiger partial charge in [-0.25, -0.2) is 0 Å². The van der Waals surface area contributed by atoms with Crippen LogP contribution in [0.3, 0.4) is 0 Å². The zero-order valence-electron chi connectivity index (χ0n) is 14.6.